The fourth-order valence-electron chi connectivity index (χ4n) is 3.92. The molecule has 4 heterocycles. The summed E-state index contributed by atoms with van der Waals surface area (Å²) in [7, 11) is 0. The predicted molar refractivity (Wildman–Crippen MR) is 151 cm³/mol. The molecular formula is C28H20F6N10O5. The zero-order chi connectivity index (χ0) is 35.9. The van der Waals surface area contributed by atoms with Gasteiger partial charge in [0.05, 0.1) is 0 Å². The van der Waals surface area contributed by atoms with E-state index in [1.165, 1.54) is 36.9 Å². The van der Waals surface area contributed by atoms with Gasteiger partial charge in [0.15, 0.2) is 17.1 Å². The minimum Gasteiger partial charge on any atom is -0.477 e. The highest BCUT2D eigenvalue weighted by Gasteiger charge is 2.38. The number of carboxylic acid groups (broad SMARTS) is 1. The third kappa shape index (κ3) is 8.84. The van der Waals surface area contributed by atoms with Crippen LogP contribution in [0.5, 0.6) is 0 Å². The van der Waals surface area contributed by atoms with Gasteiger partial charge in [0, 0.05) is 43.3 Å². The van der Waals surface area contributed by atoms with Gasteiger partial charge < -0.3 is 16.2 Å². The Balaban J connectivity index is 0.000000254. The quantitative estimate of drug-likeness (QED) is 0.151. The van der Waals surface area contributed by atoms with Crippen LogP contribution in [0.1, 0.15) is 37.9 Å². The van der Waals surface area contributed by atoms with Gasteiger partial charge in [-0.2, -0.15) is 45.9 Å². The molecule has 0 aliphatic carbocycles. The molecule has 1 atom stereocenters. The van der Waals surface area contributed by atoms with Gasteiger partial charge in [0.25, 0.3) is 23.7 Å². The minimum atomic E-state index is -4.85. The Labute approximate surface area is 269 Å². The molecule has 5 rings (SSSR count). The van der Waals surface area contributed by atoms with E-state index in [0.717, 1.165) is 0 Å². The second kappa shape index (κ2) is 14.5. The Morgan fingerprint density at radius 1 is 0.735 bits per heavy atom. The smallest absolute Gasteiger partial charge is 0.435 e. The van der Waals surface area contributed by atoms with Crippen LogP contribution in [0.2, 0.25) is 0 Å². The van der Waals surface area contributed by atoms with Gasteiger partial charge in [0.1, 0.15) is 11.7 Å². The number of alkyl halides is 6. The van der Waals surface area contributed by atoms with E-state index in [4.69, 9.17) is 10.8 Å². The molecule has 0 radical (unpaired) electrons. The van der Waals surface area contributed by atoms with Crippen LogP contribution in [0.4, 0.5) is 26.3 Å². The van der Waals surface area contributed by atoms with Crippen molar-refractivity contribution in [2.75, 3.05) is 0 Å². The number of carbonyl (C=O) groups excluding carboxylic acids is 3. The molecule has 5 aromatic rings. The number of hydrogen-bond donors (Lipinski definition) is 3. The van der Waals surface area contributed by atoms with Crippen molar-refractivity contribution < 1.29 is 50.6 Å². The van der Waals surface area contributed by atoms with Gasteiger partial charge in [-0.25, -0.2) is 24.7 Å². The molecule has 0 aliphatic heterocycles. The van der Waals surface area contributed by atoms with Crippen LogP contribution in [0, 0.1) is 0 Å². The first kappa shape index (κ1) is 35.3. The van der Waals surface area contributed by atoms with Gasteiger partial charge in [0.2, 0.25) is 5.78 Å². The number of primary amides is 1. The Hall–Kier alpha value is -6.54. The van der Waals surface area contributed by atoms with Crippen molar-refractivity contribution in [1.82, 2.24) is 44.8 Å². The number of Topliss-reactive ketones (excluding diaryl/α,β-unsaturated/α-hetero) is 1. The zero-order valence-corrected chi connectivity index (χ0v) is 24.3. The number of nitrogens with zero attached hydrogens (tertiary/aromatic N) is 8. The number of aromatic carboxylic acids is 1. The van der Waals surface area contributed by atoms with Crippen molar-refractivity contribution in [1.29, 1.82) is 0 Å². The van der Waals surface area contributed by atoms with Crippen molar-refractivity contribution in [2.45, 2.75) is 24.8 Å². The topological polar surface area (TPSA) is 214 Å². The van der Waals surface area contributed by atoms with Crippen molar-refractivity contribution in [2.24, 2.45) is 5.73 Å². The Morgan fingerprint density at radius 2 is 1.18 bits per heavy atom. The monoisotopic (exact) mass is 690 g/mol. The molecule has 1 unspecified atom stereocenters. The first-order chi connectivity index (χ1) is 23.1. The van der Waals surface area contributed by atoms with Crippen LogP contribution in [-0.2, 0) is 28.4 Å². The third-order valence-electron chi connectivity index (χ3n) is 6.08. The maximum Gasteiger partial charge on any atom is 0.435 e. The van der Waals surface area contributed by atoms with Crippen LogP contribution in [0.3, 0.4) is 0 Å². The maximum atomic E-state index is 13.2. The summed E-state index contributed by atoms with van der Waals surface area (Å²) in [5.41, 5.74) is 1.75. The molecule has 0 saturated heterocycles. The second-order valence-electron chi connectivity index (χ2n) is 9.50. The Kier molecular flexibility index (Phi) is 10.4. The zero-order valence-electron chi connectivity index (χ0n) is 24.3. The number of carboxylic acids is 1. The standard InChI is InChI=1S/C19H15F3N6O3.C9H5F3N4O2/c20-19(21,22)14-10-13(28(27-14)18-24-7-4-8-25-18)17(31)26-12(15(29)16(23)30)9-11-5-2-1-3-6-11;10-9(11,12)6-4-5(7(17)18)16(15-6)8-13-2-1-3-14-8/h1-8,10,12H,9H2,(H2,23,30)(H,26,31);1-4H,(H,17,18). The lowest BCUT2D eigenvalue weighted by molar-refractivity contribution is -0.142. The number of rotatable bonds is 9. The van der Waals surface area contributed by atoms with E-state index in [0.29, 0.717) is 27.1 Å². The number of amides is 2. The van der Waals surface area contributed by atoms with E-state index in [-0.39, 0.29) is 18.3 Å². The van der Waals surface area contributed by atoms with E-state index < -0.39 is 64.7 Å². The highest BCUT2D eigenvalue weighted by molar-refractivity contribution is 6.38. The highest BCUT2D eigenvalue weighted by atomic mass is 19.4. The van der Waals surface area contributed by atoms with Crippen LogP contribution >= 0.6 is 0 Å². The molecule has 4 N–H and O–H groups in total. The van der Waals surface area contributed by atoms with Crippen LogP contribution in [-0.4, -0.2) is 74.2 Å². The molecule has 49 heavy (non-hydrogen) atoms. The number of nitrogens with one attached hydrogen (secondary N) is 1. The summed E-state index contributed by atoms with van der Waals surface area (Å²) in [6.45, 7) is 0. The molecular weight excluding hydrogens is 670 g/mol. The number of nitrogens with two attached hydrogens (primary N) is 1. The van der Waals surface area contributed by atoms with E-state index in [1.54, 1.807) is 30.3 Å². The summed E-state index contributed by atoms with van der Waals surface area (Å²) in [5, 5.41) is 17.6. The number of benzene rings is 1. The summed E-state index contributed by atoms with van der Waals surface area (Å²) in [6.07, 6.45) is -4.63. The summed E-state index contributed by atoms with van der Waals surface area (Å²) >= 11 is 0. The van der Waals surface area contributed by atoms with Crippen LogP contribution in [0.15, 0.2) is 79.4 Å². The van der Waals surface area contributed by atoms with Gasteiger partial charge in [-0.05, 0) is 17.7 Å². The normalized spacial score (nSPS) is 12.0. The van der Waals surface area contributed by atoms with E-state index in [9.17, 15) is 45.5 Å². The molecule has 21 heteroatoms. The first-order valence-electron chi connectivity index (χ1n) is 13.4. The number of carbonyl (C=O) groups is 4. The van der Waals surface area contributed by atoms with Gasteiger partial charge >= 0.3 is 18.3 Å². The lowest BCUT2D eigenvalue weighted by Gasteiger charge is -2.16. The van der Waals surface area contributed by atoms with Crippen LogP contribution in [0.25, 0.3) is 11.9 Å². The maximum absolute atomic E-state index is 13.2. The lowest BCUT2D eigenvalue weighted by Crippen LogP contribution is -2.47. The molecule has 4 aromatic heterocycles. The fraction of sp³-hybridized carbons (Fsp3) is 0.143. The highest BCUT2D eigenvalue weighted by Crippen LogP contribution is 2.30. The van der Waals surface area contributed by atoms with Crippen molar-refractivity contribution in [3.8, 4) is 11.9 Å². The number of halogens is 6. The van der Waals surface area contributed by atoms with Crippen molar-refractivity contribution >= 4 is 23.6 Å². The van der Waals surface area contributed by atoms with Gasteiger partial charge in [-0.1, -0.05) is 30.3 Å². The molecule has 0 bridgehead atoms. The SMILES string of the molecule is NC(=O)C(=O)C(Cc1ccccc1)NC(=O)c1cc(C(F)(F)F)nn1-c1ncccn1.O=C(O)c1cc(C(F)(F)F)nn1-c1ncccn1. The van der Waals surface area contributed by atoms with Crippen molar-refractivity contribution in [3.05, 3.63) is 108 Å². The predicted octanol–water partition coefficient (Wildman–Crippen LogP) is 2.46. The minimum absolute atomic E-state index is 0.101. The van der Waals surface area contributed by atoms with E-state index in [2.05, 4.69) is 35.5 Å². The van der Waals surface area contributed by atoms with Gasteiger partial charge in [-0.3, -0.25) is 14.4 Å². The molecule has 0 aliphatic rings. The third-order valence-corrected chi connectivity index (χ3v) is 6.08. The molecule has 0 fully saturated rings. The molecule has 0 saturated carbocycles. The number of ketones is 1. The largest absolute Gasteiger partial charge is 0.477 e. The summed E-state index contributed by atoms with van der Waals surface area (Å²) in [4.78, 5) is 62.2. The molecule has 0 spiro atoms. The lowest BCUT2D eigenvalue weighted by atomic mass is 10.0. The summed E-state index contributed by atoms with van der Waals surface area (Å²) < 4.78 is 78.0. The Bertz CT molecular complexity index is 1950. The average molecular weight is 691 g/mol. The van der Waals surface area contributed by atoms with Crippen LogP contribution < -0.4 is 11.1 Å². The average Bonchev–Trinajstić information content (AvgIpc) is 3.73. The molecule has 254 valence electrons. The second-order valence-corrected chi connectivity index (χ2v) is 9.50. The van der Waals surface area contributed by atoms with Gasteiger partial charge in [-0.15, -0.1) is 0 Å². The van der Waals surface area contributed by atoms with Crippen molar-refractivity contribution in [3.63, 3.8) is 0 Å². The summed E-state index contributed by atoms with van der Waals surface area (Å²) in [5.74, 6) is -5.57. The Morgan fingerprint density at radius 3 is 1.61 bits per heavy atom. The molecule has 2 amide bonds. The number of hydrogen-bond acceptors (Lipinski definition) is 10. The molecule has 15 nitrogen and oxygen atoms in total. The molecule has 1 aromatic carbocycles. The number of aromatic nitrogens is 8. The fourth-order valence-corrected chi connectivity index (χ4v) is 3.92. The summed E-state index contributed by atoms with van der Waals surface area (Å²) in [6, 6.07) is 10.8. The van der Waals surface area contributed by atoms with E-state index in [1.807, 2.05) is 0 Å². The first-order valence-corrected chi connectivity index (χ1v) is 13.4. The van der Waals surface area contributed by atoms with E-state index >= 15 is 0 Å².